The van der Waals surface area contributed by atoms with Gasteiger partial charge >= 0.3 is 5.97 Å². The van der Waals surface area contributed by atoms with E-state index in [4.69, 9.17) is 5.11 Å². The lowest BCUT2D eigenvalue weighted by atomic mass is 10.1. The van der Waals surface area contributed by atoms with Gasteiger partial charge in [0.1, 0.15) is 0 Å². The van der Waals surface area contributed by atoms with Crippen molar-refractivity contribution in [2.45, 2.75) is 13.5 Å². The minimum Gasteiger partial charge on any atom is -0.481 e. The number of carbonyl (C=O) groups is 2. The highest BCUT2D eigenvalue weighted by Gasteiger charge is 2.27. The second-order valence-corrected chi connectivity index (χ2v) is 4.93. The molecular weight excluding hydrogens is 244 g/mol. The molecule has 1 fully saturated rings. The van der Waals surface area contributed by atoms with Crippen molar-refractivity contribution in [3.05, 3.63) is 35.4 Å². The van der Waals surface area contributed by atoms with E-state index in [-0.39, 0.29) is 19.0 Å². The molecule has 1 aliphatic rings. The van der Waals surface area contributed by atoms with E-state index in [1.165, 1.54) is 0 Å². The van der Waals surface area contributed by atoms with Gasteiger partial charge in [-0.15, -0.1) is 0 Å². The Labute approximate surface area is 112 Å². The minimum atomic E-state index is -0.865. The maximum absolute atomic E-state index is 11.9. The molecule has 0 bridgehead atoms. The second kappa shape index (κ2) is 5.84. The fraction of sp³-hybridized carbons (Fsp3) is 0.429. The molecular formula is C14H18N2O3. The lowest BCUT2D eigenvalue weighted by Crippen LogP contribution is -2.36. The van der Waals surface area contributed by atoms with Crippen molar-refractivity contribution in [2.75, 3.05) is 19.6 Å². The van der Waals surface area contributed by atoms with Crippen molar-refractivity contribution in [1.29, 1.82) is 0 Å². The molecule has 1 heterocycles. The summed E-state index contributed by atoms with van der Waals surface area (Å²) in [5, 5.41) is 12.0. The van der Waals surface area contributed by atoms with Crippen molar-refractivity contribution >= 4 is 11.9 Å². The van der Waals surface area contributed by atoms with Crippen molar-refractivity contribution in [3.63, 3.8) is 0 Å². The first kappa shape index (κ1) is 13.5. The molecule has 5 heteroatoms. The highest BCUT2D eigenvalue weighted by Crippen LogP contribution is 2.11. The van der Waals surface area contributed by atoms with E-state index >= 15 is 0 Å². The van der Waals surface area contributed by atoms with Gasteiger partial charge in [0.05, 0.1) is 12.5 Å². The molecule has 1 aliphatic heterocycles. The third-order valence-corrected chi connectivity index (χ3v) is 3.30. The Morgan fingerprint density at radius 1 is 1.42 bits per heavy atom. The zero-order chi connectivity index (χ0) is 13.8. The van der Waals surface area contributed by atoms with Crippen molar-refractivity contribution in [2.24, 2.45) is 5.92 Å². The number of benzene rings is 1. The number of hydrogen-bond acceptors (Lipinski definition) is 3. The molecule has 19 heavy (non-hydrogen) atoms. The fourth-order valence-electron chi connectivity index (χ4n) is 2.13. The molecule has 0 radical (unpaired) electrons. The SMILES string of the molecule is Cc1ccc(CN2CC(C(=O)O)CNCC2=O)cc1. The number of aliphatic carboxylic acids is 1. The fourth-order valence-corrected chi connectivity index (χ4v) is 2.13. The number of hydrogen-bond donors (Lipinski definition) is 2. The van der Waals surface area contributed by atoms with Gasteiger partial charge < -0.3 is 15.3 Å². The van der Waals surface area contributed by atoms with Crippen LogP contribution in [0.2, 0.25) is 0 Å². The molecule has 1 amide bonds. The lowest BCUT2D eigenvalue weighted by molar-refractivity contribution is -0.142. The van der Waals surface area contributed by atoms with Gasteiger partial charge in [0.25, 0.3) is 0 Å². The second-order valence-electron chi connectivity index (χ2n) is 4.93. The van der Waals surface area contributed by atoms with Crippen molar-refractivity contribution in [1.82, 2.24) is 10.2 Å². The maximum atomic E-state index is 11.9. The Morgan fingerprint density at radius 3 is 2.74 bits per heavy atom. The first-order valence-electron chi connectivity index (χ1n) is 6.33. The quantitative estimate of drug-likeness (QED) is 0.838. The summed E-state index contributed by atoms with van der Waals surface area (Å²) >= 11 is 0. The number of carboxylic acid groups (broad SMARTS) is 1. The van der Waals surface area contributed by atoms with E-state index in [2.05, 4.69) is 5.32 Å². The minimum absolute atomic E-state index is 0.0516. The average Bonchev–Trinajstić information content (AvgIpc) is 2.55. The van der Waals surface area contributed by atoms with Gasteiger partial charge in [-0.05, 0) is 12.5 Å². The van der Waals surface area contributed by atoms with Crippen LogP contribution in [0.25, 0.3) is 0 Å². The normalized spacial score (nSPS) is 20.2. The summed E-state index contributed by atoms with van der Waals surface area (Å²) in [6.45, 7) is 3.27. The molecule has 5 nitrogen and oxygen atoms in total. The van der Waals surface area contributed by atoms with E-state index < -0.39 is 11.9 Å². The molecule has 1 atom stereocenters. The number of rotatable bonds is 3. The predicted octanol–water partition coefficient (Wildman–Crippen LogP) is 0.628. The summed E-state index contributed by atoms with van der Waals surface area (Å²) in [5.41, 5.74) is 2.18. The third kappa shape index (κ3) is 3.54. The van der Waals surface area contributed by atoms with Gasteiger partial charge in [-0.2, -0.15) is 0 Å². The average molecular weight is 262 g/mol. The summed E-state index contributed by atoms with van der Waals surface area (Å²) < 4.78 is 0. The number of nitrogens with one attached hydrogen (secondary N) is 1. The zero-order valence-electron chi connectivity index (χ0n) is 10.9. The van der Waals surface area contributed by atoms with E-state index in [1.807, 2.05) is 31.2 Å². The largest absolute Gasteiger partial charge is 0.481 e. The highest BCUT2D eigenvalue weighted by atomic mass is 16.4. The molecule has 1 saturated heterocycles. The van der Waals surface area contributed by atoms with Gasteiger partial charge in [-0.3, -0.25) is 9.59 Å². The predicted molar refractivity (Wildman–Crippen MR) is 70.6 cm³/mol. The molecule has 1 aromatic carbocycles. The monoisotopic (exact) mass is 262 g/mol. The number of carbonyl (C=O) groups excluding carboxylic acids is 1. The Bertz CT molecular complexity index is 470. The molecule has 0 aliphatic carbocycles. The van der Waals surface area contributed by atoms with Crippen molar-refractivity contribution < 1.29 is 14.7 Å². The van der Waals surface area contributed by atoms with Crippen LogP contribution in [0, 0.1) is 12.8 Å². The van der Waals surface area contributed by atoms with E-state index in [9.17, 15) is 9.59 Å². The molecule has 1 unspecified atom stereocenters. The van der Waals surface area contributed by atoms with Gasteiger partial charge in [-0.25, -0.2) is 0 Å². The molecule has 0 aromatic heterocycles. The zero-order valence-corrected chi connectivity index (χ0v) is 10.9. The van der Waals surface area contributed by atoms with Crippen LogP contribution < -0.4 is 5.32 Å². The van der Waals surface area contributed by atoms with Crippen LogP contribution in [0.1, 0.15) is 11.1 Å². The molecule has 2 rings (SSSR count). The Hall–Kier alpha value is -1.88. The van der Waals surface area contributed by atoms with Crippen LogP contribution in [0.5, 0.6) is 0 Å². The van der Waals surface area contributed by atoms with Gasteiger partial charge in [0, 0.05) is 19.6 Å². The maximum Gasteiger partial charge on any atom is 0.309 e. The summed E-state index contributed by atoms with van der Waals surface area (Å²) in [6.07, 6.45) is 0. The van der Waals surface area contributed by atoms with Crippen molar-refractivity contribution in [3.8, 4) is 0 Å². The number of carboxylic acids is 1. The standard InChI is InChI=1S/C14H18N2O3/c1-10-2-4-11(5-3-10)8-16-9-12(14(18)19)6-15-7-13(16)17/h2-5,12,15H,6-9H2,1H3,(H,18,19). The first-order chi connectivity index (χ1) is 9.06. The molecule has 2 N–H and O–H groups in total. The molecule has 102 valence electrons. The van der Waals surface area contributed by atoms with Gasteiger partial charge in [-0.1, -0.05) is 29.8 Å². The Morgan fingerprint density at radius 2 is 2.11 bits per heavy atom. The Balaban J connectivity index is 2.09. The molecule has 1 aromatic rings. The van der Waals surface area contributed by atoms with Crippen LogP contribution in [-0.2, 0) is 16.1 Å². The van der Waals surface area contributed by atoms with Crippen LogP contribution in [-0.4, -0.2) is 41.5 Å². The lowest BCUT2D eigenvalue weighted by Gasteiger charge is -2.22. The summed E-state index contributed by atoms with van der Waals surface area (Å²) in [6, 6.07) is 7.92. The Kier molecular flexibility index (Phi) is 4.16. The first-order valence-corrected chi connectivity index (χ1v) is 6.33. The molecule has 0 spiro atoms. The summed E-state index contributed by atoms with van der Waals surface area (Å²) in [7, 11) is 0. The summed E-state index contributed by atoms with van der Waals surface area (Å²) in [4.78, 5) is 24.6. The highest BCUT2D eigenvalue weighted by molar-refractivity contribution is 5.80. The number of nitrogens with zero attached hydrogens (tertiary/aromatic N) is 1. The third-order valence-electron chi connectivity index (χ3n) is 3.30. The number of aryl methyl sites for hydroxylation is 1. The van der Waals surface area contributed by atoms with Gasteiger partial charge in [0.2, 0.25) is 5.91 Å². The van der Waals surface area contributed by atoms with Crippen LogP contribution in [0.3, 0.4) is 0 Å². The number of amides is 1. The molecule has 0 saturated carbocycles. The van der Waals surface area contributed by atoms with Crippen LogP contribution in [0.4, 0.5) is 0 Å². The van der Waals surface area contributed by atoms with Crippen LogP contribution in [0.15, 0.2) is 24.3 Å². The smallest absolute Gasteiger partial charge is 0.309 e. The van der Waals surface area contributed by atoms with E-state index in [1.54, 1.807) is 4.90 Å². The van der Waals surface area contributed by atoms with E-state index in [0.717, 1.165) is 11.1 Å². The topological polar surface area (TPSA) is 69.6 Å². The summed E-state index contributed by atoms with van der Waals surface area (Å²) in [5.74, 6) is -1.46. The van der Waals surface area contributed by atoms with Crippen LogP contribution >= 0.6 is 0 Å². The van der Waals surface area contributed by atoms with Gasteiger partial charge in [0.15, 0.2) is 0 Å². The van der Waals surface area contributed by atoms with E-state index in [0.29, 0.717) is 13.1 Å².